The molecule has 0 fully saturated rings. The fourth-order valence-corrected chi connectivity index (χ4v) is 2.32. The molecule has 0 aliphatic rings. The molecule has 0 aliphatic heterocycles. The Morgan fingerprint density at radius 1 is 1.25 bits per heavy atom. The van der Waals surface area contributed by atoms with Gasteiger partial charge in [0.15, 0.2) is 0 Å². The van der Waals surface area contributed by atoms with E-state index >= 15 is 0 Å². The van der Waals surface area contributed by atoms with Gasteiger partial charge in [0.1, 0.15) is 10.3 Å². The fraction of sp³-hybridized carbons (Fsp3) is 0.143. The normalized spacial score (nSPS) is 12.0. The SMILES string of the molecule is CC(NC(=O)c1cccc(Br)n1)c1ccc(Cl)c(Cl)c1. The predicted octanol–water partition coefficient (Wildman–Crippen LogP) is 4.64. The van der Waals surface area contributed by atoms with Crippen LogP contribution in [0.5, 0.6) is 0 Å². The van der Waals surface area contributed by atoms with Crippen molar-refractivity contribution in [2.24, 2.45) is 0 Å². The summed E-state index contributed by atoms with van der Waals surface area (Å²) in [6, 6.07) is 10.3. The maximum Gasteiger partial charge on any atom is 0.270 e. The third kappa shape index (κ3) is 3.72. The molecule has 2 rings (SSSR count). The van der Waals surface area contributed by atoms with Crippen LogP contribution in [0.15, 0.2) is 41.0 Å². The number of hydrogen-bond donors (Lipinski definition) is 1. The van der Waals surface area contributed by atoms with E-state index in [4.69, 9.17) is 23.2 Å². The molecule has 1 heterocycles. The second kappa shape index (κ2) is 6.57. The van der Waals surface area contributed by atoms with Gasteiger partial charge in [0, 0.05) is 0 Å². The lowest BCUT2D eigenvalue weighted by atomic mass is 10.1. The summed E-state index contributed by atoms with van der Waals surface area (Å²) in [5.41, 5.74) is 1.23. The summed E-state index contributed by atoms with van der Waals surface area (Å²) in [6.07, 6.45) is 0. The molecule has 0 radical (unpaired) electrons. The van der Waals surface area contributed by atoms with E-state index < -0.39 is 0 Å². The highest BCUT2D eigenvalue weighted by atomic mass is 79.9. The summed E-state index contributed by atoms with van der Waals surface area (Å²) in [4.78, 5) is 16.2. The number of rotatable bonds is 3. The lowest BCUT2D eigenvalue weighted by molar-refractivity contribution is 0.0934. The Balaban J connectivity index is 2.13. The molecular weight excluding hydrogens is 363 g/mol. The third-order valence-electron chi connectivity index (χ3n) is 2.74. The number of benzene rings is 1. The van der Waals surface area contributed by atoms with Crippen molar-refractivity contribution in [3.63, 3.8) is 0 Å². The average molecular weight is 374 g/mol. The first-order valence-corrected chi connectivity index (χ1v) is 7.40. The predicted molar refractivity (Wildman–Crippen MR) is 84.3 cm³/mol. The van der Waals surface area contributed by atoms with Crippen LogP contribution in [0.2, 0.25) is 10.0 Å². The van der Waals surface area contributed by atoms with Crippen LogP contribution in [-0.2, 0) is 0 Å². The first-order valence-electron chi connectivity index (χ1n) is 5.86. The maximum absolute atomic E-state index is 12.1. The van der Waals surface area contributed by atoms with Crippen LogP contribution < -0.4 is 5.32 Å². The molecule has 6 heteroatoms. The highest BCUT2D eigenvalue weighted by Gasteiger charge is 2.13. The molecule has 0 spiro atoms. The Labute approximate surface area is 135 Å². The van der Waals surface area contributed by atoms with Crippen molar-refractivity contribution in [3.05, 3.63) is 62.3 Å². The van der Waals surface area contributed by atoms with Gasteiger partial charge in [-0.3, -0.25) is 4.79 Å². The zero-order chi connectivity index (χ0) is 14.7. The molecule has 1 aromatic carbocycles. The van der Waals surface area contributed by atoms with Gasteiger partial charge in [-0.25, -0.2) is 4.98 Å². The molecule has 0 bridgehead atoms. The Bertz CT molecular complexity index is 649. The summed E-state index contributed by atoms with van der Waals surface area (Å²) in [5.74, 6) is -0.245. The number of amides is 1. The zero-order valence-corrected chi connectivity index (χ0v) is 13.6. The third-order valence-corrected chi connectivity index (χ3v) is 3.92. The summed E-state index contributed by atoms with van der Waals surface area (Å²) in [7, 11) is 0. The number of halogens is 3. The molecule has 104 valence electrons. The second-order valence-electron chi connectivity index (χ2n) is 4.21. The number of carbonyl (C=O) groups is 1. The van der Waals surface area contributed by atoms with E-state index in [0.717, 1.165) is 5.56 Å². The molecule has 0 saturated carbocycles. The van der Waals surface area contributed by atoms with E-state index in [1.165, 1.54) is 0 Å². The second-order valence-corrected chi connectivity index (χ2v) is 5.84. The number of nitrogens with one attached hydrogen (secondary N) is 1. The maximum atomic E-state index is 12.1. The van der Waals surface area contributed by atoms with Crippen LogP contribution >= 0.6 is 39.1 Å². The van der Waals surface area contributed by atoms with Crippen molar-refractivity contribution in [2.75, 3.05) is 0 Å². The molecular formula is C14H11BrCl2N2O. The fourth-order valence-electron chi connectivity index (χ4n) is 1.67. The largest absolute Gasteiger partial charge is 0.344 e. The van der Waals surface area contributed by atoms with E-state index in [2.05, 4.69) is 26.2 Å². The first-order chi connectivity index (χ1) is 9.47. The van der Waals surface area contributed by atoms with Gasteiger partial charge in [-0.2, -0.15) is 0 Å². The Hall–Kier alpha value is -1.10. The van der Waals surface area contributed by atoms with Gasteiger partial charge in [-0.05, 0) is 52.7 Å². The zero-order valence-electron chi connectivity index (χ0n) is 10.5. The van der Waals surface area contributed by atoms with Gasteiger partial charge in [0.05, 0.1) is 16.1 Å². The average Bonchev–Trinajstić information content (AvgIpc) is 2.41. The molecule has 0 saturated heterocycles. The smallest absolute Gasteiger partial charge is 0.270 e. The lowest BCUT2D eigenvalue weighted by Crippen LogP contribution is -2.27. The number of nitrogens with zero attached hydrogens (tertiary/aromatic N) is 1. The Morgan fingerprint density at radius 2 is 2.00 bits per heavy atom. The summed E-state index contributed by atoms with van der Waals surface area (Å²) < 4.78 is 0.618. The van der Waals surface area contributed by atoms with E-state index in [0.29, 0.717) is 20.3 Å². The quantitative estimate of drug-likeness (QED) is 0.796. The molecule has 1 N–H and O–H groups in total. The minimum Gasteiger partial charge on any atom is -0.344 e. The number of carbonyl (C=O) groups excluding carboxylic acids is 1. The topological polar surface area (TPSA) is 42.0 Å². The first kappa shape index (κ1) is 15.3. The highest BCUT2D eigenvalue weighted by molar-refractivity contribution is 9.10. The van der Waals surface area contributed by atoms with Gasteiger partial charge in [-0.1, -0.05) is 35.3 Å². The van der Waals surface area contributed by atoms with Crippen LogP contribution in [0.4, 0.5) is 0 Å². The highest BCUT2D eigenvalue weighted by Crippen LogP contribution is 2.25. The Kier molecular flexibility index (Phi) is 5.02. The molecule has 1 unspecified atom stereocenters. The number of pyridine rings is 1. The van der Waals surface area contributed by atoms with E-state index in [-0.39, 0.29) is 11.9 Å². The van der Waals surface area contributed by atoms with E-state index in [9.17, 15) is 4.79 Å². The van der Waals surface area contributed by atoms with Crippen molar-refractivity contribution in [3.8, 4) is 0 Å². The molecule has 1 atom stereocenters. The minimum absolute atomic E-state index is 0.196. The van der Waals surface area contributed by atoms with Crippen molar-refractivity contribution >= 4 is 45.0 Å². The van der Waals surface area contributed by atoms with Crippen LogP contribution in [0.3, 0.4) is 0 Å². The molecule has 2 aromatic rings. The van der Waals surface area contributed by atoms with E-state index in [1.54, 1.807) is 30.3 Å². The van der Waals surface area contributed by atoms with Crippen molar-refractivity contribution in [2.45, 2.75) is 13.0 Å². The van der Waals surface area contributed by atoms with Gasteiger partial charge < -0.3 is 5.32 Å². The van der Waals surface area contributed by atoms with Crippen molar-refractivity contribution < 1.29 is 4.79 Å². The van der Waals surface area contributed by atoms with Crippen LogP contribution in [0.1, 0.15) is 29.0 Å². The summed E-state index contributed by atoms with van der Waals surface area (Å²) in [5, 5.41) is 3.81. The number of hydrogen-bond acceptors (Lipinski definition) is 2. The van der Waals surface area contributed by atoms with Gasteiger partial charge >= 0.3 is 0 Å². The van der Waals surface area contributed by atoms with Crippen LogP contribution in [-0.4, -0.2) is 10.9 Å². The minimum atomic E-state index is -0.245. The summed E-state index contributed by atoms with van der Waals surface area (Å²) >= 11 is 15.1. The summed E-state index contributed by atoms with van der Waals surface area (Å²) in [6.45, 7) is 1.87. The standard InChI is InChI=1S/C14H11BrCl2N2O/c1-8(9-5-6-10(16)11(17)7-9)18-14(20)12-3-2-4-13(15)19-12/h2-8H,1H3,(H,18,20). The molecule has 20 heavy (non-hydrogen) atoms. The van der Waals surface area contributed by atoms with Gasteiger partial charge in [0.2, 0.25) is 0 Å². The lowest BCUT2D eigenvalue weighted by Gasteiger charge is -2.14. The monoisotopic (exact) mass is 372 g/mol. The molecule has 1 amide bonds. The van der Waals surface area contributed by atoms with Crippen LogP contribution in [0.25, 0.3) is 0 Å². The van der Waals surface area contributed by atoms with Gasteiger partial charge in [-0.15, -0.1) is 0 Å². The van der Waals surface area contributed by atoms with E-state index in [1.807, 2.05) is 13.0 Å². The van der Waals surface area contributed by atoms with Crippen molar-refractivity contribution in [1.29, 1.82) is 0 Å². The van der Waals surface area contributed by atoms with Crippen molar-refractivity contribution in [1.82, 2.24) is 10.3 Å². The molecule has 0 aliphatic carbocycles. The van der Waals surface area contributed by atoms with Gasteiger partial charge in [0.25, 0.3) is 5.91 Å². The molecule has 3 nitrogen and oxygen atoms in total. The molecule has 1 aromatic heterocycles. The Morgan fingerprint density at radius 3 is 2.65 bits per heavy atom. The van der Waals surface area contributed by atoms with Crippen LogP contribution in [0, 0.1) is 0 Å². The number of aromatic nitrogens is 1.